The normalized spacial score (nSPS) is 24.0. The molecule has 2 N–H and O–H groups in total. The SMILES string of the molecule is COC(C)(C)O[C@H]1COC(CO)(CO)[C@H]1OCc1ccccc1. The van der Waals surface area contributed by atoms with E-state index in [1.165, 1.54) is 0 Å². The summed E-state index contributed by atoms with van der Waals surface area (Å²) in [5.74, 6) is -0.816. The molecule has 1 saturated heterocycles. The van der Waals surface area contributed by atoms with Crippen LogP contribution in [0, 0.1) is 0 Å². The molecule has 0 radical (unpaired) electrons. The van der Waals surface area contributed by atoms with Gasteiger partial charge in [0.25, 0.3) is 0 Å². The first kappa shape index (κ1) is 18.3. The molecule has 1 aromatic rings. The number of aliphatic hydroxyl groups excluding tert-OH is 2. The Bertz CT molecular complexity index is 471. The molecule has 0 spiro atoms. The predicted octanol–water partition coefficient (Wildman–Crippen LogP) is 1.09. The zero-order chi connectivity index (χ0) is 16.9. The van der Waals surface area contributed by atoms with Crippen molar-refractivity contribution in [2.75, 3.05) is 26.9 Å². The monoisotopic (exact) mass is 326 g/mol. The first-order valence-corrected chi connectivity index (χ1v) is 7.70. The third kappa shape index (κ3) is 4.29. The Balaban J connectivity index is 2.12. The van der Waals surface area contributed by atoms with Gasteiger partial charge in [0.05, 0.1) is 26.4 Å². The number of hydrogen-bond acceptors (Lipinski definition) is 6. The Labute approximate surface area is 136 Å². The Morgan fingerprint density at radius 3 is 2.43 bits per heavy atom. The minimum absolute atomic E-state index is 0.216. The number of rotatable bonds is 8. The average molecular weight is 326 g/mol. The van der Waals surface area contributed by atoms with E-state index < -0.39 is 23.6 Å². The molecular weight excluding hydrogens is 300 g/mol. The van der Waals surface area contributed by atoms with Crippen molar-refractivity contribution in [1.82, 2.24) is 0 Å². The number of ether oxygens (including phenoxy) is 4. The lowest BCUT2D eigenvalue weighted by molar-refractivity contribution is -0.242. The first-order valence-electron chi connectivity index (χ1n) is 7.70. The van der Waals surface area contributed by atoms with Crippen LogP contribution >= 0.6 is 0 Å². The van der Waals surface area contributed by atoms with Crippen molar-refractivity contribution in [3.05, 3.63) is 35.9 Å². The minimum Gasteiger partial charge on any atom is -0.393 e. The van der Waals surface area contributed by atoms with E-state index in [2.05, 4.69) is 0 Å². The molecule has 0 aromatic heterocycles. The number of methoxy groups -OCH3 is 1. The van der Waals surface area contributed by atoms with Crippen molar-refractivity contribution in [3.63, 3.8) is 0 Å². The molecule has 23 heavy (non-hydrogen) atoms. The van der Waals surface area contributed by atoms with E-state index in [-0.39, 0.29) is 19.8 Å². The van der Waals surface area contributed by atoms with Gasteiger partial charge in [-0.1, -0.05) is 30.3 Å². The number of aliphatic hydroxyl groups is 2. The molecule has 0 amide bonds. The molecule has 0 saturated carbocycles. The fourth-order valence-electron chi connectivity index (χ4n) is 2.61. The van der Waals surface area contributed by atoms with E-state index in [1.54, 1.807) is 21.0 Å². The molecule has 1 heterocycles. The molecule has 130 valence electrons. The van der Waals surface area contributed by atoms with Crippen LogP contribution in [-0.2, 0) is 25.6 Å². The van der Waals surface area contributed by atoms with E-state index in [4.69, 9.17) is 18.9 Å². The molecular formula is C17H26O6. The van der Waals surface area contributed by atoms with Crippen LogP contribution in [0.5, 0.6) is 0 Å². The van der Waals surface area contributed by atoms with Crippen LogP contribution in [-0.4, -0.2) is 60.7 Å². The minimum atomic E-state index is -1.18. The largest absolute Gasteiger partial charge is 0.393 e. The van der Waals surface area contributed by atoms with Crippen molar-refractivity contribution in [1.29, 1.82) is 0 Å². The number of benzene rings is 1. The zero-order valence-electron chi connectivity index (χ0n) is 13.9. The summed E-state index contributed by atoms with van der Waals surface area (Å²) in [5.41, 5.74) is -0.183. The maximum absolute atomic E-state index is 9.71. The summed E-state index contributed by atoms with van der Waals surface area (Å²) in [6.45, 7) is 3.43. The lowest BCUT2D eigenvalue weighted by atomic mass is 9.97. The Morgan fingerprint density at radius 2 is 1.87 bits per heavy atom. The second-order valence-electron chi connectivity index (χ2n) is 6.17. The standard InChI is InChI=1S/C17H26O6/c1-16(2,20-3)23-14-10-22-17(11-18,12-19)15(14)21-9-13-7-5-4-6-8-13/h4-8,14-15,18-19H,9-12H2,1-3H3/t14-,15-/m0/s1. The van der Waals surface area contributed by atoms with Crippen LogP contribution in [0.1, 0.15) is 19.4 Å². The van der Waals surface area contributed by atoms with Gasteiger partial charge in [-0.05, 0) is 19.4 Å². The third-order valence-corrected chi connectivity index (χ3v) is 4.13. The lowest BCUT2D eigenvalue weighted by Gasteiger charge is -2.34. The molecule has 2 atom stereocenters. The molecule has 1 fully saturated rings. The highest BCUT2D eigenvalue weighted by molar-refractivity contribution is 5.13. The van der Waals surface area contributed by atoms with Gasteiger partial charge < -0.3 is 29.2 Å². The Kier molecular flexibility index (Phi) is 6.13. The molecule has 6 nitrogen and oxygen atoms in total. The summed E-state index contributed by atoms with van der Waals surface area (Å²) in [7, 11) is 1.56. The lowest BCUT2D eigenvalue weighted by Crippen LogP contribution is -2.52. The van der Waals surface area contributed by atoms with E-state index >= 15 is 0 Å². The fraction of sp³-hybridized carbons (Fsp3) is 0.647. The second-order valence-corrected chi connectivity index (χ2v) is 6.17. The molecule has 1 aromatic carbocycles. The predicted molar refractivity (Wildman–Crippen MR) is 83.8 cm³/mol. The van der Waals surface area contributed by atoms with Crippen molar-refractivity contribution in [2.45, 2.75) is 44.1 Å². The van der Waals surface area contributed by atoms with Crippen LogP contribution in [0.15, 0.2) is 30.3 Å². The van der Waals surface area contributed by atoms with Crippen LogP contribution in [0.25, 0.3) is 0 Å². The topological polar surface area (TPSA) is 77.4 Å². The van der Waals surface area contributed by atoms with Crippen LogP contribution < -0.4 is 0 Å². The van der Waals surface area contributed by atoms with E-state index in [0.29, 0.717) is 6.61 Å². The van der Waals surface area contributed by atoms with Crippen LogP contribution in [0.3, 0.4) is 0 Å². The molecule has 1 aliphatic heterocycles. The van der Waals surface area contributed by atoms with Crippen molar-refractivity contribution >= 4 is 0 Å². The maximum Gasteiger partial charge on any atom is 0.162 e. The molecule has 0 unspecified atom stereocenters. The molecule has 6 heteroatoms. The summed E-state index contributed by atoms with van der Waals surface area (Å²) >= 11 is 0. The highest BCUT2D eigenvalue weighted by Gasteiger charge is 2.52. The van der Waals surface area contributed by atoms with E-state index in [0.717, 1.165) is 5.56 Å². The first-order chi connectivity index (χ1) is 11.0. The molecule has 0 bridgehead atoms. The van der Waals surface area contributed by atoms with Gasteiger partial charge in [0.2, 0.25) is 0 Å². The highest BCUT2D eigenvalue weighted by atomic mass is 16.7. The van der Waals surface area contributed by atoms with Crippen LogP contribution in [0.2, 0.25) is 0 Å². The third-order valence-electron chi connectivity index (χ3n) is 4.13. The smallest absolute Gasteiger partial charge is 0.162 e. The van der Waals surface area contributed by atoms with Gasteiger partial charge in [-0.25, -0.2) is 0 Å². The summed E-state index contributed by atoms with van der Waals surface area (Å²) in [4.78, 5) is 0. The maximum atomic E-state index is 9.71. The zero-order valence-corrected chi connectivity index (χ0v) is 13.9. The van der Waals surface area contributed by atoms with Gasteiger partial charge in [0.1, 0.15) is 17.8 Å². The van der Waals surface area contributed by atoms with Gasteiger partial charge in [0.15, 0.2) is 5.79 Å². The fourth-order valence-corrected chi connectivity index (χ4v) is 2.61. The van der Waals surface area contributed by atoms with Gasteiger partial charge in [-0.15, -0.1) is 0 Å². The summed E-state index contributed by atoms with van der Waals surface area (Å²) < 4.78 is 22.8. The van der Waals surface area contributed by atoms with Crippen molar-refractivity contribution in [3.8, 4) is 0 Å². The highest BCUT2D eigenvalue weighted by Crippen LogP contribution is 2.33. The quantitative estimate of drug-likeness (QED) is 0.697. The van der Waals surface area contributed by atoms with Crippen LogP contribution in [0.4, 0.5) is 0 Å². The van der Waals surface area contributed by atoms with E-state index in [9.17, 15) is 10.2 Å². The second kappa shape index (κ2) is 7.70. The molecule has 1 aliphatic rings. The summed E-state index contributed by atoms with van der Waals surface area (Å²) in [6, 6.07) is 9.68. The van der Waals surface area contributed by atoms with E-state index in [1.807, 2.05) is 30.3 Å². The van der Waals surface area contributed by atoms with Gasteiger partial charge in [-0.2, -0.15) is 0 Å². The Morgan fingerprint density at radius 1 is 1.22 bits per heavy atom. The van der Waals surface area contributed by atoms with Gasteiger partial charge in [-0.3, -0.25) is 0 Å². The van der Waals surface area contributed by atoms with Gasteiger partial charge in [0, 0.05) is 7.11 Å². The van der Waals surface area contributed by atoms with Crippen molar-refractivity contribution < 1.29 is 29.2 Å². The van der Waals surface area contributed by atoms with Crippen molar-refractivity contribution in [2.24, 2.45) is 0 Å². The summed E-state index contributed by atoms with van der Waals surface area (Å²) in [6.07, 6.45) is -1.06. The Hall–Kier alpha value is -1.02. The molecule has 2 rings (SSSR count). The summed E-state index contributed by atoms with van der Waals surface area (Å²) in [5, 5.41) is 19.4. The molecule has 0 aliphatic carbocycles. The average Bonchev–Trinajstić information content (AvgIpc) is 2.91. The number of hydrogen-bond donors (Lipinski definition) is 2. The van der Waals surface area contributed by atoms with Gasteiger partial charge >= 0.3 is 0 Å².